The molecule has 0 radical (unpaired) electrons. The number of rotatable bonds is 4. The van der Waals surface area contributed by atoms with Crippen molar-refractivity contribution in [1.29, 1.82) is 0 Å². The Morgan fingerprint density at radius 2 is 2.06 bits per heavy atom. The zero-order chi connectivity index (χ0) is 13.0. The summed E-state index contributed by atoms with van der Waals surface area (Å²) in [5, 5.41) is 6.61. The number of piperidine rings is 1. The van der Waals surface area contributed by atoms with Crippen molar-refractivity contribution in [1.82, 2.24) is 10.6 Å². The first-order valence-corrected chi connectivity index (χ1v) is 7.68. The van der Waals surface area contributed by atoms with E-state index in [0.717, 1.165) is 25.4 Å². The number of nitrogens with one attached hydrogen (secondary N) is 2. The van der Waals surface area contributed by atoms with E-state index in [2.05, 4.69) is 24.5 Å². The zero-order valence-electron chi connectivity index (χ0n) is 11.9. The van der Waals surface area contributed by atoms with Crippen LogP contribution >= 0.6 is 0 Å². The smallest absolute Gasteiger partial charge is 0.223 e. The maximum atomic E-state index is 12.2. The molecular weight excluding hydrogens is 224 g/mol. The van der Waals surface area contributed by atoms with Crippen LogP contribution in [0.15, 0.2) is 0 Å². The van der Waals surface area contributed by atoms with Crippen molar-refractivity contribution in [2.45, 2.75) is 58.4 Å². The van der Waals surface area contributed by atoms with E-state index < -0.39 is 0 Å². The molecule has 1 amide bonds. The third-order valence-corrected chi connectivity index (χ3v) is 4.76. The number of carbonyl (C=O) groups excluding carboxylic acids is 1. The quantitative estimate of drug-likeness (QED) is 0.806. The van der Waals surface area contributed by atoms with Gasteiger partial charge in [0, 0.05) is 18.5 Å². The lowest BCUT2D eigenvalue weighted by Gasteiger charge is -2.31. The molecule has 0 bridgehead atoms. The molecule has 2 aliphatic rings. The Balaban J connectivity index is 1.75. The van der Waals surface area contributed by atoms with Crippen LogP contribution in [0.4, 0.5) is 0 Å². The predicted octanol–water partition coefficient (Wildman–Crippen LogP) is 2.32. The van der Waals surface area contributed by atoms with Crippen LogP contribution in [-0.4, -0.2) is 25.0 Å². The van der Waals surface area contributed by atoms with Crippen molar-refractivity contribution in [3.63, 3.8) is 0 Å². The van der Waals surface area contributed by atoms with Gasteiger partial charge in [-0.1, -0.05) is 39.5 Å². The van der Waals surface area contributed by atoms with E-state index in [4.69, 9.17) is 0 Å². The van der Waals surface area contributed by atoms with Crippen molar-refractivity contribution < 1.29 is 4.79 Å². The van der Waals surface area contributed by atoms with Crippen LogP contribution in [-0.2, 0) is 4.79 Å². The highest BCUT2D eigenvalue weighted by atomic mass is 16.1. The summed E-state index contributed by atoms with van der Waals surface area (Å²) in [6.45, 7) is 6.36. The van der Waals surface area contributed by atoms with Gasteiger partial charge in [0.15, 0.2) is 0 Å². The fourth-order valence-corrected chi connectivity index (χ4v) is 3.36. The summed E-state index contributed by atoms with van der Waals surface area (Å²) in [5.74, 6) is 1.85. The minimum absolute atomic E-state index is 0.183. The Labute approximate surface area is 111 Å². The molecule has 18 heavy (non-hydrogen) atoms. The highest BCUT2D eigenvalue weighted by molar-refractivity contribution is 5.78. The van der Waals surface area contributed by atoms with Crippen LogP contribution in [0.5, 0.6) is 0 Å². The molecule has 1 saturated carbocycles. The van der Waals surface area contributed by atoms with Gasteiger partial charge in [0.2, 0.25) is 5.91 Å². The van der Waals surface area contributed by atoms with E-state index in [9.17, 15) is 4.79 Å². The number of amides is 1. The molecule has 0 aromatic carbocycles. The van der Waals surface area contributed by atoms with E-state index in [1.165, 1.54) is 32.1 Å². The first-order valence-electron chi connectivity index (χ1n) is 7.68. The molecule has 3 nitrogen and oxygen atoms in total. The summed E-state index contributed by atoms with van der Waals surface area (Å²) in [4.78, 5) is 12.2. The van der Waals surface area contributed by atoms with Crippen molar-refractivity contribution >= 4 is 5.91 Å². The van der Waals surface area contributed by atoms with Crippen LogP contribution in [0.3, 0.4) is 0 Å². The molecule has 3 unspecified atom stereocenters. The Kier molecular flexibility index (Phi) is 5.04. The molecule has 2 N–H and O–H groups in total. The topological polar surface area (TPSA) is 41.1 Å². The Hall–Kier alpha value is -0.570. The third-order valence-electron chi connectivity index (χ3n) is 4.76. The van der Waals surface area contributed by atoms with E-state index in [-0.39, 0.29) is 11.8 Å². The summed E-state index contributed by atoms with van der Waals surface area (Å²) >= 11 is 0. The molecule has 2 fully saturated rings. The second kappa shape index (κ2) is 6.55. The zero-order valence-corrected chi connectivity index (χ0v) is 11.9. The number of hydrogen-bond donors (Lipinski definition) is 2. The number of hydrogen-bond acceptors (Lipinski definition) is 2. The predicted molar refractivity (Wildman–Crippen MR) is 74.3 cm³/mol. The van der Waals surface area contributed by atoms with E-state index in [1.54, 1.807) is 0 Å². The van der Waals surface area contributed by atoms with Crippen molar-refractivity contribution in [3.05, 3.63) is 0 Å². The van der Waals surface area contributed by atoms with Gasteiger partial charge in [0.25, 0.3) is 0 Å². The standard InChI is InChI=1S/C15H28N2O/c1-11-7-8-16-10-14(11)17-15(18)12(2)9-13-5-3-4-6-13/h11-14,16H,3-10H2,1-2H3,(H,17,18). The maximum absolute atomic E-state index is 12.2. The van der Waals surface area contributed by atoms with Gasteiger partial charge in [0.1, 0.15) is 0 Å². The second-order valence-electron chi connectivity index (χ2n) is 6.37. The van der Waals surface area contributed by atoms with Gasteiger partial charge in [-0.15, -0.1) is 0 Å². The molecule has 1 heterocycles. The normalized spacial score (nSPS) is 31.2. The third kappa shape index (κ3) is 3.71. The van der Waals surface area contributed by atoms with Crippen molar-refractivity contribution in [2.75, 3.05) is 13.1 Å². The first-order chi connectivity index (χ1) is 8.66. The van der Waals surface area contributed by atoms with Crippen molar-refractivity contribution in [2.24, 2.45) is 17.8 Å². The molecule has 1 aliphatic heterocycles. The highest BCUT2D eigenvalue weighted by Crippen LogP contribution is 2.30. The van der Waals surface area contributed by atoms with Gasteiger partial charge in [-0.3, -0.25) is 4.79 Å². The van der Waals surface area contributed by atoms with Gasteiger partial charge in [-0.05, 0) is 31.2 Å². The Morgan fingerprint density at radius 3 is 2.72 bits per heavy atom. The molecule has 1 saturated heterocycles. The summed E-state index contributed by atoms with van der Waals surface area (Å²) in [6, 6.07) is 0.331. The van der Waals surface area contributed by atoms with Gasteiger partial charge in [-0.2, -0.15) is 0 Å². The average Bonchev–Trinajstić information content (AvgIpc) is 2.84. The molecule has 104 valence electrons. The largest absolute Gasteiger partial charge is 0.352 e. The average molecular weight is 252 g/mol. The lowest BCUT2D eigenvalue weighted by Crippen LogP contribution is -2.51. The second-order valence-corrected chi connectivity index (χ2v) is 6.37. The fourth-order valence-electron chi connectivity index (χ4n) is 3.36. The van der Waals surface area contributed by atoms with Crippen LogP contribution in [0.25, 0.3) is 0 Å². The van der Waals surface area contributed by atoms with Gasteiger partial charge >= 0.3 is 0 Å². The summed E-state index contributed by atoms with van der Waals surface area (Å²) in [5.41, 5.74) is 0. The SMILES string of the molecule is CC(CC1CCCC1)C(=O)NC1CNCCC1C. The monoisotopic (exact) mass is 252 g/mol. The van der Waals surface area contributed by atoms with Gasteiger partial charge < -0.3 is 10.6 Å². The lowest BCUT2D eigenvalue weighted by molar-refractivity contribution is -0.126. The molecule has 1 aliphatic carbocycles. The van der Waals surface area contributed by atoms with Crippen LogP contribution in [0.1, 0.15) is 52.4 Å². The summed E-state index contributed by atoms with van der Waals surface area (Å²) in [7, 11) is 0. The van der Waals surface area contributed by atoms with Crippen LogP contribution in [0.2, 0.25) is 0 Å². The summed E-state index contributed by atoms with van der Waals surface area (Å²) in [6.07, 6.45) is 7.64. The lowest BCUT2D eigenvalue weighted by atomic mass is 9.91. The molecule has 0 aromatic heterocycles. The van der Waals surface area contributed by atoms with E-state index in [1.807, 2.05) is 0 Å². The molecule has 2 rings (SSSR count). The molecule has 0 aromatic rings. The highest BCUT2D eigenvalue weighted by Gasteiger charge is 2.26. The van der Waals surface area contributed by atoms with Gasteiger partial charge in [0.05, 0.1) is 0 Å². The Morgan fingerprint density at radius 1 is 1.33 bits per heavy atom. The number of carbonyl (C=O) groups is 1. The van der Waals surface area contributed by atoms with Crippen molar-refractivity contribution in [3.8, 4) is 0 Å². The molecule has 3 atom stereocenters. The fraction of sp³-hybridized carbons (Fsp3) is 0.933. The maximum Gasteiger partial charge on any atom is 0.223 e. The minimum Gasteiger partial charge on any atom is -0.352 e. The Bertz CT molecular complexity index is 274. The summed E-state index contributed by atoms with van der Waals surface area (Å²) < 4.78 is 0. The molecule has 3 heteroatoms. The minimum atomic E-state index is 0.183. The molecular formula is C15H28N2O. The van der Waals surface area contributed by atoms with E-state index >= 15 is 0 Å². The first kappa shape index (κ1) is 13.9. The van der Waals surface area contributed by atoms with Gasteiger partial charge in [-0.25, -0.2) is 0 Å². The van der Waals surface area contributed by atoms with Crippen LogP contribution < -0.4 is 10.6 Å². The van der Waals surface area contributed by atoms with Crippen LogP contribution in [0, 0.1) is 17.8 Å². The van der Waals surface area contributed by atoms with E-state index in [0.29, 0.717) is 12.0 Å². The molecule has 0 spiro atoms.